The highest BCUT2D eigenvalue weighted by Crippen LogP contribution is 2.39. The minimum atomic E-state index is -4.51. The quantitative estimate of drug-likeness (QED) is 0.255. The van der Waals surface area contributed by atoms with Crippen LogP contribution in [0.1, 0.15) is 12.5 Å². The number of hydrogen-bond donors (Lipinski definition) is 2. The van der Waals surface area contributed by atoms with Crippen LogP contribution in [0.3, 0.4) is 0 Å². The number of amides is 1. The van der Waals surface area contributed by atoms with E-state index in [-0.39, 0.29) is 40.0 Å². The molecule has 0 aliphatic heterocycles. The van der Waals surface area contributed by atoms with Crippen LogP contribution in [0.2, 0.25) is 0 Å². The number of rotatable bonds is 5. The molecule has 0 aliphatic carbocycles. The number of aromatic hydroxyl groups is 1. The van der Waals surface area contributed by atoms with Crippen LogP contribution in [0, 0.1) is 10.1 Å². The number of oxazole rings is 1. The molecule has 3 aromatic carbocycles. The van der Waals surface area contributed by atoms with Crippen LogP contribution >= 0.6 is 0 Å². The van der Waals surface area contributed by atoms with Crippen molar-refractivity contribution in [2.24, 2.45) is 0 Å². The summed E-state index contributed by atoms with van der Waals surface area (Å²) >= 11 is 0. The smallest absolute Gasteiger partial charge is 0.416 e. The number of carbonyl (C=O) groups excluding carboxylic acids is 1. The Morgan fingerprint density at radius 2 is 1.69 bits per heavy atom. The summed E-state index contributed by atoms with van der Waals surface area (Å²) in [4.78, 5) is 26.4. The van der Waals surface area contributed by atoms with Gasteiger partial charge in [-0.25, -0.2) is 4.98 Å². The number of hydrogen-bond acceptors (Lipinski definition) is 6. The molecule has 1 amide bonds. The topological polar surface area (TPSA) is 118 Å². The van der Waals surface area contributed by atoms with Crippen molar-refractivity contribution in [2.75, 3.05) is 5.32 Å². The van der Waals surface area contributed by atoms with Gasteiger partial charge in [-0.05, 0) is 35.4 Å². The van der Waals surface area contributed by atoms with Gasteiger partial charge in [0.15, 0.2) is 0 Å². The summed E-state index contributed by atoms with van der Waals surface area (Å²) in [6.07, 6.45) is -4.51. The third kappa shape index (κ3) is 4.98. The van der Waals surface area contributed by atoms with Gasteiger partial charge in [0.2, 0.25) is 17.7 Å². The van der Waals surface area contributed by atoms with Crippen molar-refractivity contribution in [2.45, 2.75) is 13.1 Å². The maximum absolute atomic E-state index is 12.9. The predicted molar refractivity (Wildman–Crippen MR) is 120 cm³/mol. The second-order valence-electron chi connectivity index (χ2n) is 7.49. The average molecular weight is 483 g/mol. The summed E-state index contributed by atoms with van der Waals surface area (Å²) in [6.45, 7) is 1.23. The van der Waals surface area contributed by atoms with Crippen molar-refractivity contribution >= 4 is 17.5 Å². The molecule has 11 heteroatoms. The van der Waals surface area contributed by atoms with Gasteiger partial charge in [-0.15, -0.1) is 0 Å². The normalized spacial score (nSPS) is 11.3. The molecule has 4 rings (SSSR count). The molecular formula is C24H16F3N3O5. The first-order valence-electron chi connectivity index (χ1n) is 10.1. The van der Waals surface area contributed by atoms with Gasteiger partial charge in [0, 0.05) is 24.6 Å². The van der Waals surface area contributed by atoms with Crippen molar-refractivity contribution in [3.8, 4) is 39.6 Å². The minimum absolute atomic E-state index is 0.0751. The van der Waals surface area contributed by atoms with Gasteiger partial charge in [0.05, 0.1) is 16.1 Å². The molecule has 1 aromatic heterocycles. The second-order valence-corrected chi connectivity index (χ2v) is 7.49. The van der Waals surface area contributed by atoms with E-state index in [1.165, 1.54) is 49.4 Å². The van der Waals surface area contributed by atoms with Crippen LogP contribution in [0.15, 0.2) is 71.1 Å². The molecule has 0 bridgehead atoms. The van der Waals surface area contributed by atoms with Gasteiger partial charge in [-0.2, -0.15) is 13.2 Å². The Bertz CT molecular complexity index is 1430. The van der Waals surface area contributed by atoms with Gasteiger partial charge in [0.25, 0.3) is 5.69 Å². The van der Waals surface area contributed by atoms with Crippen LogP contribution in [0.5, 0.6) is 5.75 Å². The maximum Gasteiger partial charge on any atom is 0.416 e. The lowest BCUT2D eigenvalue weighted by molar-refractivity contribution is -0.384. The number of alkyl halides is 3. The third-order valence-corrected chi connectivity index (χ3v) is 5.02. The van der Waals surface area contributed by atoms with Gasteiger partial charge < -0.3 is 9.52 Å². The molecule has 4 aromatic rings. The summed E-state index contributed by atoms with van der Waals surface area (Å²) in [5.74, 6) is -0.948. The fourth-order valence-electron chi connectivity index (χ4n) is 3.38. The van der Waals surface area contributed by atoms with E-state index in [1.807, 2.05) is 0 Å². The van der Waals surface area contributed by atoms with E-state index in [1.54, 1.807) is 12.1 Å². The molecule has 0 saturated carbocycles. The molecule has 35 heavy (non-hydrogen) atoms. The van der Waals surface area contributed by atoms with Crippen LogP contribution in [0.4, 0.5) is 24.7 Å². The van der Waals surface area contributed by atoms with Gasteiger partial charge in [-0.3, -0.25) is 20.2 Å². The number of carbonyl (C=O) groups is 1. The molecule has 178 valence electrons. The summed E-state index contributed by atoms with van der Waals surface area (Å²) < 4.78 is 44.3. The van der Waals surface area contributed by atoms with Gasteiger partial charge in [0.1, 0.15) is 11.4 Å². The Kier molecular flexibility index (Phi) is 6.00. The lowest BCUT2D eigenvalue weighted by Crippen LogP contribution is -2.06. The lowest BCUT2D eigenvalue weighted by atomic mass is 10.0. The van der Waals surface area contributed by atoms with Crippen LogP contribution in [0.25, 0.3) is 33.8 Å². The SMILES string of the molecule is CC(=O)Nc1oc(-c2ccc(-c3cccc([N+](=O)[O-])c3)cc2O)nc1-c1ccc(C(F)(F)F)cc1. The molecule has 2 N–H and O–H groups in total. The van der Waals surface area contributed by atoms with Crippen molar-refractivity contribution in [3.63, 3.8) is 0 Å². The second kappa shape index (κ2) is 8.93. The highest BCUT2D eigenvalue weighted by atomic mass is 19.4. The zero-order valence-electron chi connectivity index (χ0n) is 18.0. The number of nitro benzene ring substituents is 1. The predicted octanol–water partition coefficient (Wildman–Crippen LogP) is 6.27. The third-order valence-electron chi connectivity index (χ3n) is 5.02. The first kappa shape index (κ1) is 23.5. The number of anilines is 1. The minimum Gasteiger partial charge on any atom is -0.507 e. The van der Waals surface area contributed by atoms with Crippen molar-refractivity contribution in [3.05, 3.63) is 82.4 Å². The number of nitrogens with one attached hydrogen (secondary N) is 1. The summed E-state index contributed by atoms with van der Waals surface area (Å²) in [7, 11) is 0. The Morgan fingerprint density at radius 3 is 2.29 bits per heavy atom. The molecule has 0 aliphatic rings. The zero-order valence-corrected chi connectivity index (χ0v) is 18.0. The molecule has 0 unspecified atom stereocenters. The molecule has 8 nitrogen and oxygen atoms in total. The van der Waals surface area contributed by atoms with E-state index in [0.717, 1.165) is 12.1 Å². The number of nitrogens with zero attached hydrogens (tertiary/aromatic N) is 2. The Hall–Kier alpha value is -4.67. The fourth-order valence-corrected chi connectivity index (χ4v) is 3.38. The Morgan fingerprint density at radius 1 is 1.03 bits per heavy atom. The number of nitro groups is 1. The number of phenols is 1. The number of phenolic OH excluding ortho intramolecular Hbond substituents is 1. The van der Waals surface area contributed by atoms with Crippen LogP contribution in [-0.2, 0) is 11.0 Å². The molecule has 0 radical (unpaired) electrons. The number of aromatic nitrogens is 1. The standard InChI is InChI=1S/C24H16F3N3O5/c1-13(31)28-23-21(14-5-8-17(9-6-14)24(25,26)27)29-22(35-23)19-10-7-16(12-20(19)32)15-3-2-4-18(11-15)30(33)34/h2-12,32H,1H3,(H,28,31). The van der Waals surface area contributed by atoms with E-state index < -0.39 is 22.6 Å². The van der Waals surface area contributed by atoms with E-state index in [2.05, 4.69) is 10.3 Å². The molecule has 0 saturated heterocycles. The maximum atomic E-state index is 12.9. The van der Waals surface area contributed by atoms with E-state index in [4.69, 9.17) is 4.42 Å². The van der Waals surface area contributed by atoms with Crippen molar-refractivity contribution < 1.29 is 32.4 Å². The van der Waals surface area contributed by atoms with Crippen LogP contribution in [-0.4, -0.2) is 20.9 Å². The molecular weight excluding hydrogens is 467 g/mol. The number of non-ortho nitro benzene ring substituents is 1. The highest BCUT2D eigenvalue weighted by Gasteiger charge is 2.30. The van der Waals surface area contributed by atoms with Gasteiger partial charge in [-0.1, -0.05) is 30.3 Å². The number of benzene rings is 3. The van der Waals surface area contributed by atoms with E-state index >= 15 is 0 Å². The summed E-state index contributed by atoms with van der Waals surface area (Å²) in [6, 6.07) is 14.5. The summed E-state index contributed by atoms with van der Waals surface area (Å²) in [5.41, 5.74) is 0.504. The average Bonchev–Trinajstić information content (AvgIpc) is 3.21. The zero-order chi connectivity index (χ0) is 25.3. The van der Waals surface area contributed by atoms with Crippen molar-refractivity contribution in [1.29, 1.82) is 0 Å². The van der Waals surface area contributed by atoms with E-state index in [9.17, 15) is 33.2 Å². The fraction of sp³-hybridized carbons (Fsp3) is 0.0833. The van der Waals surface area contributed by atoms with Gasteiger partial charge >= 0.3 is 6.18 Å². The lowest BCUT2D eigenvalue weighted by Gasteiger charge is -2.07. The number of halogens is 3. The Labute approximate surface area is 195 Å². The highest BCUT2D eigenvalue weighted by molar-refractivity contribution is 5.91. The first-order valence-corrected chi connectivity index (χ1v) is 10.1. The Balaban J connectivity index is 1.73. The summed E-state index contributed by atoms with van der Waals surface area (Å²) in [5, 5.41) is 24.1. The van der Waals surface area contributed by atoms with Crippen molar-refractivity contribution in [1.82, 2.24) is 4.98 Å². The molecule has 0 spiro atoms. The molecule has 0 fully saturated rings. The largest absolute Gasteiger partial charge is 0.507 e. The molecule has 1 heterocycles. The first-order chi connectivity index (χ1) is 16.5. The van der Waals surface area contributed by atoms with E-state index in [0.29, 0.717) is 11.1 Å². The van der Waals surface area contributed by atoms with Crippen LogP contribution < -0.4 is 5.32 Å². The molecule has 0 atom stereocenters. The monoisotopic (exact) mass is 483 g/mol.